The molecule has 0 spiro atoms. The summed E-state index contributed by atoms with van der Waals surface area (Å²) in [6, 6.07) is 6.98. The molecule has 2 heterocycles. The Balaban J connectivity index is 1.78. The molecule has 3 rings (SSSR count). The van der Waals surface area contributed by atoms with Crippen molar-refractivity contribution in [3.63, 3.8) is 0 Å². The first-order valence-electron chi connectivity index (χ1n) is 6.71. The van der Waals surface area contributed by atoms with Crippen molar-refractivity contribution in [2.45, 2.75) is 18.9 Å². The average Bonchev–Trinajstić information content (AvgIpc) is 2.81. The first-order chi connectivity index (χ1) is 9.13. The summed E-state index contributed by atoms with van der Waals surface area (Å²) in [6.07, 6.45) is 2.29. The maximum Gasteiger partial charge on any atom is 0.298 e. The van der Waals surface area contributed by atoms with Crippen molar-refractivity contribution in [3.05, 3.63) is 18.2 Å². The van der Waals surface area contributed by atoms with Crippen LogP contribution in [0.1, 0.15) is 12.8 Å². The Bertz CT molecular complexity index is 570. The fourth-order valence-electron chi connectivity index (χ4n) is 2.64. The zero-order valence-electron chi connectivity index (χ0n) is 11.5. The van der Waals surface area contributed by atoms with Crippen LogP contribution in [0, 0.1) is 0 Å². The van der Waals surface area contributed by atoms with Gasteiger partial charge < -0.3 is 20.0 Å². The van der Waals surface area contributed by atoms with Crippen LogP contribution < -0.4 is 10.6 Å². The quantitative estimate of drug-likeness (QED) is 0.836. The van der Waals surface area contributed by atoms with Gasteiger partial charge in [-0.25, -0.2) is 0 Å². The lowest BCUT2D eigenvalue weighted by Gasteiger charge is -2.34. The largest absolute Gasteiger partial charge is 0.423 e. The molecule has 1 saturated heterocycles. The van der Waals surface area contributed by atoms with Crippen molar-refractivity contribution in [2.75, 3.05) is 37.8 Å². The maximum absolute atomic E-state index is 5.81. The number of aromatic nitrogens is 1. The summed E-state index contributed by atoms with van der Waals surface area (Å²) in [5.41, 5.74) is 8.11. The van der Waals surface area contributed by atoms with E-state index in [1.807, 2.05) is 18.2 Å². The van der Waals surface area contributed by atoms with E-state index in [0.717, 1.165) is 43.0 Å². The number of nitrogens with two attached hydrogens (primary N) is 1. The summed E-state index contributed by atoms with van der Waals surface area (Å²) >= 11 is 0. The van der Waals surface area contributed by atoms with Crippen molar-refractivity contribution in [2.24, 2.45) is 0 Å². The molecule has 1 fully saturated rings. The Hall–Kier alpha value is -1.75. The van der Waals surface area contributed by atoms with Gasteiger partial charge in [0, 0.05) is 30.9 Å². The minimum Gasteiger partial charge on any atom is -0.423 e. The number of hydrogen-bond acceptors (Lipinski definition) is 5. The fraction of sp³-hybridized carbons (Fsp3) is 0.500. The van der Waals surface area contributed by atoms with Gasteiger partial charge in [-0.15, -0.1) is 0 Å². The second-order valence-electron chi connectivity index (χ2n) is 5.41. The van der Waals surface area contributed by atoms with Crippen LogP contribution in [0.3, 0.4) is 0 Å². The highest BCUT2D eigenvalue weighted by Gasteiger charge is 2.23. The first kappa shape index (κ1) is 12.3. The van der Waals surface area contributed by atoms with Crippen molar-refractivity contribution >= 4 is 22.8 Å². The molecule has 2 N–H and O–H groups in total. The topological polar surface area (TPSA) is 58.5 Å². The Labute approximate surface area is 113 Å². The molecule has 2 aromatic rings. The highest BCUT2D eigenvalue weighted by Crippen LogP contribution is 2.26. The Morgan fingerprint density at radius 3 is 2.74 bits per heavy atom. The van der Waals surface area contributed by atoms with Crippen molar-refractivity contribution < 1.29 is 4.42 Å². The Morgan fingerprint density at radius 1 is 1.32 bits per heavy atom. The minimum atomic E-state index is 0.663. The van der Waals surface area contributed by atoms with Crippen molar-refractivity contribution in [3.8, 4) is 0 Å². The number of fused-ring (bicyclic) bond motifs is 1. The zero-order chi connectivity index (χ0) is 13.4. The van der Waals surface area contributed by atoms with E-state index >= 15 is 0 Å². The summed E-state index contributed by atoms with van der Waals surface area (Å²) in [5, 5.41) is 0. The van der Waals surface area contributed by atoms with E-state index in [2.05, 4.69) is 28.9 Å². The Kier molecular flexibility index (Phi) is 3.06. The van der Waals surface area contributed by atoms with Gasteiger partial charge in [0.1, 0.15) is 5.52 Å². The number of benzene rings is 1. The molecular weight excluding hydrogens is 240 g/mol. The molecule has 19 heavy (non-hydrogen) atoms. The van der Waals surface area contributed by atoms with Crippen LogP contribution in [-0.4, -0.2) is 43.1 Å². The molecular formula is C14H20N4O. The molecule has 0 amide bonds. The third kappa shape index (κ3) is 2.38. The average molecular weight is 260 g/mol. The molecule has 0 aliphatic carbocycles. The summed E-state index contributed by atoms with van der Waals surface area (Å²) in [7, 11) is 4.28. The van der Waals surface area contributed by atoms with Crippen LogP contribution >= 0.6 is 0 Å². The van der Waals surface area contributed by atoms with Crippen LogP contribution in [0.4, 0.5) is 11.7 Å². The molecule has 102 valence electrons. The molecule has 0 radical (unpaired) electrons. The van der Waals surface area contributed by atoms with Crippen LogP contribution in [-0.2, 0) is 0 Å². The number of hydrogen-bond donors (Lipinski definition) is 1. The monoisotopic (exact) mass is 260 g/mol. The van der Waals surface area contributed by atoms with E-state index in [1.54, 1.807) is 0 Å². The number of piperidine rings is 1. The number of nitrogen functional groups attached to an aromatic ring is 1. The molecule has 1 aliphatic heterocycles. The van der Waals surface area contributed by atoms with Gasteiger partial charge in [-0.1, -0.05) is 0 Å². The van der Waals surface area contributed by atoms with Crippen LogP contribution in [0.15, 0.2) is 22.6 Å². The van der Waals surface area contributed by atoms with Gasteiger partial charge in [-0.3, -0.25) is 0 Å². The van der Waals surface area contributed by atoms with Crippen molar-refractivity contribution in [1.29, 1.82) is 0 Å². The lowest BCUT2D eigenvalue weighted by molar-refractivity contribution is 0.247. The summed E-state index contributed by atoms with van der Waals surface area (Å²) < 4.78 is 5.81. The molecule has 0 saturated carbocycles. The van der Waals surface area contributed by atoms with Crippen LogP contribution in [0.25, 0.3) is 11.1 Å². The van der Waals surface area contributed by atoms with E-state index in [0.29, 0.717) is 11.7 Å². The minimum absolute atomic E-state index is 0.663. The SMILES string of the molecule is CN(C)C1CCN(c2nc3ccc(N)cc3o2)CC1. The third-order valence-electron chi connectivity index (χ3n) is 3.87. The van der Waals surface area contributed by atoms with E-state index in [9.17, 15) is 0 Å². The van der Waals surface area contributed by atoms with Crippen molar-refractivity contribution in [1.82, 2.24) is 9.88 Å². The summed E-state index contributed by atoms with van der Waals surface area (Å²) in [6.45, 7) is 1.98. The second kappa shape index (κ2) is 4.74. The molecule has 0 bridgehead atoms. The molecule has 0 unspecified atom stereocenters. The highest BCUT2D eigenvalue weighted by atomic mass is 16.4. The summed E-state index contributed by atoms with van der Waals surface area (Å²) in [5.74, 6) is 0. The molecule has 1 aromatic heterocycles. The summed E-state index contributed by atoms with van der Waals surface area (Å²) in [4.78, 5) is 9.05. The Morgan fingerprint density at radius 2 is 2.05 bits per heavy atom. The number of anilines is 2. The smallest absolute Gasteiger partial charge is 0.298 e. The molecule has 5 nitrogen and oxygen atoms in total. The predicted molar refractivity (Wildman–Crippen MR) is 77.3 cm³/mol. The lowest BCUT2D eigenvalue weighted by atomic mass is 10.0. The molecule has 0 atom stereocenters. The number of oxazole rings is 1. The highest BCUT2D eigenvalue weighted by molar-refractivity contribution is 5.78. The maximum atomic E-state index is 5.81. The van der Waals surface area contributed by atoms with E-state index < -0.39 is 0 Å². The van der Waals surface area contributed by atoms with Gasteiger partial charge in [0.25, 0.3) is 6.01 Å². The zero-order valence-corrected chi connectivity index (χ0v) is 11.5. The predicted octanol–water partition coefficient (Wildman–Crippen LogP) is 1.94. The fourth-order valence-corrected chi connectivity index (χ4v) is 2.64. The third-order valence-corrected chi connectivity index (χ3v) is 3.87. The van der Waals surface area contributed by atoms with Gasteiger partial charge >= 0.3 is 0 Å². The molecule has 1 aliphatic rings. The number of nitrogens with zero attached hydrogens (tertiary/aromatic N) is 3. The van der Waals surface area contributed by atoms with Gasteiger partial charge in [0.05, 0.1) is 0 Å². The van der Waals surface area contributed by atoms with Gasteiger partial charge in [-0.2, -0.15) is 4.98 Å². The van der Waals surface area contributed by atoms with E-state index in [-0.39, 0.29) is 0 Å². The standard InChI is InChI=1S/C14H20N4O/c1-17(2)11-5-7-18(8-6-11)14-16-12-4-3-10(15)9-13(12)19-14/h3-4,9,11H,5-8,15H2,1-2H3. The normalized spacial score (nSPS) is 17.5. The molecule has 5 heteroatoms. The van der Waals surface area contributed by atoms with E-state index in [4.69, 9.17) is 10.2 Å². The first-order valence-corrected chi connectivity index (χ1v) is 6.71. The van der Waals surface area contributed by atoms with Gasteiger partial charge in [0.2, 0.25) is 0 Å². The van der Waals surface area contributed by atoms with Gasteiger partial charge in [-0.05, 0) is 39.1 Å². The van der Waals surface area contributed by atoms with Crippen LogP contribution in [0.5, 0.6) is 0 Å². The van der Waals surface area contributed by atoms with Crippen LogP contribution in [0.2, 0.25) is 0 Å². The lowest BCUT2D eigenvalue weighted by Crippen LogP contribution is -2.42. The van der Waals surface area contributed by atoms with E-state index in [1.165, 1.54) is 0 Å². The molecule has 1 aromatic carbocycles. The number of rotatable bonds is 2. The van der Waals surface area contributed by atoms with Gasteiger partial charge in [0.15, 0.2) is 5.58 Å². The second-order valence-corrected chi connectivity index (χ2v) is 5.41.